The molecule has 0 saturated carbocycles. The molecule has 1 atom stereocenters. The van der Waals surface area contributed by atoms with Crippen LogP contribution in [-0.2, 0) is 22.3 Å². The van der Waals surface area contributed by atoms with Gasteiger partial charge in [-0.05, 0) is 57.9 Å². The second-order valence-electron chi connectivity index (χ2n) is 6.93. The van der Waals surface area contributed by atoms with E-state index in [1.807, 2.05) is 0 Å². The molecule has 0 radical (unpaired) electrons. The van der Waals surface area contributed by atoms with Gasteiger partial charge in [0.15, 0.2) is 0 Å². The molecule has 134 valence electrons. The first-order chi connectivity index (χ1) is 11.0. The number of alkyl halides is 3. The molecule has 1 heterocycles. The molecule has 3 nitrogen and oxygen atoms in total. The van der Waals surface area contributed by atoms with Gasteiger partial charge in [0, 0.05) is 11.0 Å². The fraction of sp³-hybridized carbons (Fsp3) is 0.588. The Hall–Kier alpha value is -1.08. The zero-order valence-electron chi connectivity index (χ0n) is 13.9. The molecule has 1 aromatic carbocycles. The van der Waals surface area contributed by atoms with Gasteiger partial charge in [-0.25, -0.2) is 0 Å². The van der Waals surface area contributed by atoms with E-state index in [0.717, 1.165) is 12.5 Å². The number of hydrogen-bond donors (Lipinski definition) is 0. The molecule has 0 aromatic heterocycles. The van der Waals surface area contributed by atoms with Crippen molar-refractivity contribution in [2.45, 2.75) is 58.0 Å². The Morgan fingerprint density at radius 3 is 2.58 bits per heavy atom. The number of esters is 1. The van der Waals surface area contributed by atoms with E-state index < -0.39 is 23.4 Å². The highest BCUT2D eigenvalue weighted by atomic mass is 79.9. The summed E-state index contributed by atoms with van der Waals surface area (Å²) in [6, 6.07) is 3.52. The van der Waals surface area contributed by atoms with Crippen LogP contribution in [0.3, 0.4) is 0 Å². The zero-order chi connectivity index (χ0) is 18.1. The summed E-state index contributed by atoms with van der Waals surface area (Å²) in [5.74, 6) is -0.374. The molecule has 0 spiro atoms. The number of likely N-dealkylation sites (tertiary alicyclic amines) is 1. The number of carbonyl (C=O) groups excluding carboxylic acids is 1. The third-order valence-corrected chi connectivity index (χ3v) is 4.57. The zero-order valence-corrected chi connectivity index (χ0v) is 15.5. The molecule has 1 aliphatic heterocycles. The van der Waals surface area contributed by atoms with Crippen molar-refractivity contribution in [2.24, 2.45) is 0 Å². The number of carbonyl (C=O) groups is 1. The van der Waals surface area contributed by atoms with Gasteiger partial charge in [0.05, 0.1) is 5.56 Å². The summed E-state index contributed by atoms with van der Waals surface area (Å²) in [5, 5.41) is 0. The summed E-state index contributed by atoms with van der Waals surface area (Å²) < 4.78 is 45.5. The normalized spacial score (nSPS) is 19.5. The largest absolute Gasteiger partial charge is 0.459 e. The van der Waals surface area contributed by atoms with E-state index in [1.165, 1.54) is 6.07 Å². The van der Waals surface area contributed by atoms with Gasteiger partial charge in [0.25, 0.3) is 0 Å². The maximum atomic E-state index is 13.2. The van der Waals surface area contributed by atoms with Gasteiger partial charge in [0.1, 0.15) is 11.6 Å². The lowest BCUT2D eigenvalue weighted by atomic mass is 10.1. The Balaban J connectivity index is 2.23. The lowest BCUT2D eigenvalue weighted by Crippen LogP contribution is -2.40. The van der Waals surface area contributed by atoms with Crippen LogP contribution in [0.1, 0.15) is 44.7 Å². The quantitative estimate of drug-likeness (QED) is 0.675. The van der Waals surface area contributed by atoms with Gasteiger partial charge in [-0.1, -0.05) is 22.0 Å². The molecule has 1 aromatic rings. The molecule has 24 heavy (non-hydrogen) atoms. The van der Waals surface area contributed by atoms with Crippen molar-refractivity contribution in [3.8, 4) is 0 Å². The number of nitrogens with zero attached hydrogens (tertiary/aromatic N) is 1. The van der Waals surface area contributed by atoms with Crippen LogP contribution in [0.15, 0.2) is 22.7 Å². The Morgan fingerprint density at radius 1 is 1.33 bits per heavy atom. The van der Waals surface area contributed by atoms with E-state index >= 15 is 0 Å². The Bertz CT molecular complexity index is 611. The fourth-order valence-electron chi connectivity index (χ4n) is 2.84. The molecule has 2 rings (SSSR count). The third kappa shape index (κ3) is 4.72. The average Bonchev–Trinajstić information content (AvgIpc) is 2.86. The lowest BCUT2D eigenvalue weighted by molar-refractivity contribution is -0.160. The molecule has 1 aliphatic rings. The van der Waals surface area contributed by atoms with E-state index in [9.17, 15) is 18.0 Å². The highest BCUT2D eigenvalue weighted by Gasteiger charge is 2.38. The molecule has 0 amide bonds. The van der Waals surface area contributed by atoms with Crippen molar-refractivity contribution >= 4 is 21.9 Å². The molecule has 0 N–H and O–H groups in total. The monoisotopic (exact) mass is 407 g/mol. The smallest absolute Gasteiger partial charge is 0.416 e. The Morgan fingerprint density at radius 2 is 2.00 bits per heavy atom. The summed E-state index contributed by atoms with van der Waals surface area (Å²) in [6.45, 7) is 5.96. The van der Waals surface area contributed by atoms with Crippen LogP contribution < -0.4 is 0 Å². The number of halogens is 4. The minimum absolute atomic E-state index is 0.0557. The van der Waals surface area contributed by atoms with Gasteiger partial charge in [0.2, 0.25) is 0 Å². The first-order valence-electron chi connectivity index (χ1n) is 7.80. The Labute approximate surface area is 148 Å². The summed E-state index contributed by atoms with van der Waals surface area (Å²) in [7, 11) is 0. The Kier molecular flexibility index (Phi) is 5.64. The predicted octanol–water partition coefficient (Wildman–Crippen LogP) is 4.77. The van der Waals surface area contributed by atoms with Gasteiger partial charge >= 0.3 is 12.1 Å². The first-order valence-corrected chi connectivity index (χ1v) is 8.60. The van der Waals surface area contributed by atoms with Gasteiger partial charge < -0.3 is 4.74 Å². The average molecular weight is 408 g/mol. The van der Waals surface area contributed by atoms with Crippen molar-refractivity contribution < 1.29 is 22.7 Å². The van der Waals surface area contributed by atoms with Crippen LogP contribution in [0.4, 0.5) is 13.2 Å². The number of benzene rings is 1. The summed E-state index contributed by atoms with van der Waals surface area (Å²) in [5.41, 5.74) is -1.14. The molecule has 1 unspecified atom stereocenters. The molecule has 0 bridgehead atoms. The van der Waals surface area contributed by atoms with Crippen molar-refractivity contribution in [3.05, 3.63) is 33.8 Å². The molecular weight excluding hydrogens is 387 g/mol. The second kappa shape index (κ2) is 7.04. The second-order valence-corrected chi connectivity index (χ2v) is 7.78. The van der Waals surface area contributed by atoms with Crippen LogP contribution in [0, 0.1) is 0 Å². The van der Waals surface area contributed by atoms with Crippen molar-refractivity contribution in [1.82, 2.24) is 4.90 Å². The molecule has 7 heteroatoms. The van der Waals surface area contributed by atoms with Gasteiger partial charge in [-0.2, -0.15) is 13.2 Å². The summed E-state index contributed by atoms with van der Waals surface area (Å²) in [4.78, 5) is 14.1. The van der Waals surface area contributed by atoms with Crippen LogP contribution >= 0.6 is 15.9 Å². The SMILES string of the molecule is CC(C)(C)OC(=O)C1CCCN1Cc1c(Br)cccc1C(F)(F)F. The van der Waals surface area contributed by atoms with Gasteiger partial charge in [-0.15, -0.1) is 0 Å². The number of ether oxygens (including phenoxy) is 1. The lowest BCUT2D eigenvalue weighted by Gasteiger charge is -2.28. The molecule has 0 aliphatic carbocycles. The van der Waals surface area contributed by atoms with E-state index in [0.29, 0.717) is 17.4 Å². The van der Waals surface area contributed by atoms with Crippen molar-refractivity contribution in [2.75, 3.05) is 6.54 Å². The van der Waals surface area contributed by atoms with E-state index in [4.69, 9.17) is 4.74 Å². The van der Waals surface area contributed by atoms with Crippen molar-refractivity contribution in [1.29, 1.82) is 0 Å². The topological polar surface area (TPSA) is 29.5 Å². The minimum Gasteiger partial charge on any atom is -0.459 e. The van der Waals surface area contributed by atoms with Crippen LogP contribution in [0.2, 0.25) is 0 Å². The number of rotatable bonds is 3. The summed E-state index contributed by atoms with van der Waals surface area (Å²) >= 11 is 3.21. The first kappa shape index (κ1) is 19.2. The third-order valence-electron chi connectivity index (χ3n) is 3.83. The minimum atomic E-state index is -4.43. The summed E-state index contributed by atoms with van der Waals surface area (Å²) in [6.07, 6.45) is -3.07. The fourth-order valence-corrected chi connectivity index (χ4v) is 3.33. The maximum absolute atomic E-state index is 13.2. The van der Waals surface area contributed by atoms with Crippen LogP contribution in [0.25, 0.3) is 0 Å². The highest BCUT2D eigenvalue weighted by molar-refractivity contribution is 9.10. The molecular formula is C17H21BrF3NO2. The molecule has 1 saturated heterocycles. The van der Waals surface area contributed by atoms with E-state index in [2.05, 4.69) is 15.9 Å². The molecule has 1 fully saturated rings. The predicted molar refractivity (Wildman–Crippen MR) is 88.4 cm³/mol. The maximum Gasteiger partial charge on any atom is 0.416 e. The van der Waals surface area contributed by atoms with Gasteiger partial charge in [-0.3, -0.25) is 9.69 Å². The van der Waals surface area contributed by atoms with Crippen LogP contribution in [0.5, 0.6) is 0 Å². The highest BCUT2D eigenvalue weighted by Crippen LogP contribution is 2.36. The standard InChI is InChI=1S/C17H21BrF3NO2/c1-16(2,3)24-15(23)14-8-5-9-22(14)10-11-12(17(19,20)21)6-4-7-13(11)18/h4,6-7,14H,5,8-10H2,1-3H3. The van der Waals surface area contributed by atoms with Crippen molar-refractivity contribution in [3.63, 3.8) is 0 Å². The number of hydrogen-bond acceptors (Lipinski definition) is 3. The van der Waals surface area contributed by atoms with E-state index in [1.54, 1.807) is 31.7 Å². The van der Waals surface area contributed by atoms with Crippen LogP contribution in [-0.4, -0.2) is 29.1 Å². The van der Waals surface area contributed by atoms with E-state index in [-0.39, 0.29) is 18.1 Å².